The molecule has 3 aromatic rings. The van der Waals surface area contributed by atoms with Gasteiger partial charge in [0.05, 0.1) is 6.54 Å². The molecule has 5 rings (SSSR count). The van der Waals surface area contributed by atoms with Crippen molar-refractivity contribution in [2.45, 2.75) is 31.3 Å². The van der Waals surface area contributed by atoms with Crippen LogP contribution in [-0.4, -0.2) is 40.9 Å². The van der Waals surface area contributed by atoms with Crippen molar-refractivity contribution in [3.63, 3.8) is 0 Å². The van der Waals surface area contributed by atoms with Crippen molar-refractivity contribution in [3.05, 3.63) is 77.2 Å². The Labute approximate surface area is 195 Å². The minimum absolute atomic E-state index is 0.0322. The van der Waals surface area contributed by atoms with E-state index < -0.39 is 18.1 Å². The summed E-state index contributed by atoms with van der Waals surface area (Å²) in [6.45, 7) is 0.129. The Kier molecular flexibility index (Phi) is 5.75. The molecule has 0 bridgehead atoms. The van der Waals surface area contributed by atoms with Gasteiger partial charge in [-0.15, -0.1) is 0 Å². The largest absolute Gasteiger partial charge is 0.476 e. The highest BCUT2D eigenvalue weighted by Gasteiger charge is 2.38. The molecule has 0 saturated heterocycles. The fraction of sp³-hybridized carbons (Fsp3) is 0.280. The molecule has 1 atom stereocenters. The monoisotopic (exact) mass is 461 g/mol. The number of alkyl carbamates (subject to hydrolysis) is 1. The number of hydrogen-bond acceptors (Lipinski definition) is 6. The first-order chi connectivity index (χ1) is 16.5. The fourth-order valence-corrected chi connectivity index (χ4v) is 4.38. The first kappa shape index (κ1) is 21.7. The highest BCUT2D eigenvalue weighted by Crippen LogP contribution is 2.44. The van der Waals surface area contributed by atoms with Crippen LogP contribution < -0.4 is 10.6 Å². The molecule has 174 valence electrons. The first-order valence-corrected chi connectivity index (χ1v) is 11.1. The molecule has 0 aliphatic heterocycles. The van der Waals surface area contributed by atoms with Crippen molar-refractivity contribution in [2.24, 2.45) is 5.92 Å². The number of carboxylic acids is 1. The van der Waals surface area contributed by atoms with Crippen molar-refractivity contribution >= 4 is 18.0 Å². The maximum absolute atomic E-state index is 12.7. The summed E-state index contributed by atoms with van der Waals surface area (Å²) in [6, 6.07) is 16.6. The van der Waals surface area contributed by atoms with Crippen molar-refractivity contribution in [2.75, 3.05) is 6.61 Å². The van der Waals surface area contributed by atoms with Crippen LogP contribution in [0.15, 0.2) is 59.1 Å². The van der Waals surface area contributed by atoms with Crippen LogP contribution in [-0.2, 0) is 16.1 Å². The van der Waals surface area contributed by atoms with E-state index >= 15 is 0 Å². The molecule has 34 heavy (non-hydrogen) atoms. The number of aromatic nitrogens is 1. The summed E-state index contributed by atoms with van der Waals surface area (Å²) in [5.41, 5.74) is 4.27. The van der Waals surface area contributed by atoms with Gasteiger partial charge in [0.25, 0.3) is 0 Å². The van der Waals surface area contributed by atoms with E-state index in [4.69, 9.17) is 14.4 Å². The van der Waals surface area contributed by atoms with Crippen LogP contribution in [0.4, 0.5) is 4.79 Å². The molecular formula is C25H23N3O6. The standard InChI is InChI=1S/C25H23N3O6/c29-23(26-12-15-11-21(24(30)31)28-34-15)22(14-9-10-14)27-25(32)33-13-20-18-7-3-1-5-16(18)17-6-2-4-8-19(17)20/h1-8,11,14,20,22H,9-10,12-13H2,(H,26,29)(H,27,32)(H,30,31). The average molecular weight is 461 g/mol. The van der Waals surface area contributed by atoms with Gasteiger partial charge in [0.1, 0.15) is 12.6 Å². The van der Waals surface area contributed by atoms with Gasteiger partial charge in [-0.1, -0.05) is 53.7 Å². The lowest BCUT2D eigenvalue weighted by Crippen LogP contribution is -2.48. The highest BCUT2D eigenvalue weighted by atomic mass is 16.5. The molecular weight excluding hydrogens is 438 g/mol. The first-order valence-electron chi connectivity index (χ1n) is 11.1. The number of carbonyl (C=O) groups is 3. The number of rotatable bonds is 8. The lowest BCUT2D eigenvalue weighted by Gasteiger charge is -2.19. The Morgan fingerprint density at radius 1 is 1.06 bits per heavy atom. The number of aromatic carboxylic acids is 1. The van der Waals surface area contributed by atoms with Crippen LogP contribution in [0.3, 0.4) is 0 Å². The molecule has 1 saturated carbocycles. The third-order valence-corrected chi connectivity index (χ3v) is 6.21. The summed E-state index contributed by atoms with van der Waals surface area (Å²) in [5.74, 6) is -1.43. The lowest BCUT2D eigenvalue weighted by atomic mass is 9.98. The summed E-state index contributed by atoms with van der Waals surface area (Å²) in [5, 5.41) is 17.7. The Morgan fingerprint density at radius 2 is 1.71 bits per heavy atom. The number of nitrogens with one attached hydrogen (secondary N) is 2. The van der Waals surface area contributed by atoms with E-state index in [1.54, 1.807) is 0 Å². The third kappa shape index (κ3) is 4.36. The quantitative estimate of drug-likeness (QED) is 0.469. The molecule has 9 heteroatoms. The van der Waals surface area contributed by atoms with E-state index in [1.807, 2.05) is 36.4 Å². The van der Waals surface area contributed by atoms with Gasteiger partial charge in [0, 0.05) is 12.0 Å². The van der Waals surface area contributed by atoms with Gasteiger partial charge in [-0.3, -0.25) is 4.79 Å². The molecule has 3 N–H and O–H groups in total. The number of fused-ring (bicyclic) bond motifs is 3. The Bertz CT molecular complexity index is 1200. The summed E-state index contributed by atoms with van der Waals surface area (Å²) in [4.78, 5) is 36.2. The smallest absolute Gasteiger partial charge is 0.407 e. The summed E-state index contributed by atoms with van der Waals surface area (Å²) >= 11 is 0. The van der Waals surface area contributed by atoms with E-state index in [2.05, 4.69) is 27.9 Å². The molecule has 9 nitrogen and oxygen atoms in total. The van der Waals surface area contributed by atoms with Crippen LogP contribution >= 0.6 is 0 Å². The molecule has 2 aromatic carbocycles. The van der Waals surface area contributed by atoms with Gasteiger partial charge in [0.15, 0.2) is 11.5 Å². The number of carbonyl (C=O) groups excluding carboxylic acids is 2. The molecule has 1 fully saturated rings. The Morgan fingerprint density at radius 3 is 2.29 bits per heavy atom. The fourth-order valence-electron chi connectivity index (χ4n) is 4.38. The molecule has 1 heterocycles. The second kappa shape index (κ2) is 9.01. The zero-order valence-corrected chi connectivity index (χ0v) is 18.2. The van der Waals surface area contributed by atoms with Gasteiger partial charge < -0.3 is 25.0 Å². The second-order valence-electron chi connectivity index (χ2n) is 8.49. The Hall–Kier alpha value is -4.14. The number of amides is 2. The number of benzene rings is 2. The van der Waals surface area contributed by atoms with E-state index in [1.165, 1.54) is 6.07 Å². The van der Waals surface area contributed by atoms with E-state index in [0.29, 0.717) is 0 Å². The normalized spacial score (nSPS) is 15.2. The molecule has 2 aliphatic carbocycles. The summed E-state index contributed by atoms with van der Waals surface area (Å²) in [6.07, 6.45) is 1.00. The van der Waals surface area contributed by atoms with Gasteiger partial charge >= 0.3 is 12.1 Å². The predicted molar refractivity (Wildman–Crippen MR) is 120 cm³/mol. The van der Waals surface area contributed by atoms with Crippen LogP contribution in [0.1, 0.15) is 46.1 Å². The van der Waals surface area contributed by atoms with Gasteiger partial charge in [-0.25, -0.2) is 9.59 Å². The summed E-state index contributed by atoms with van der Waals surface area (Å²) in [7, 11) is 0. The van der Waals surface area contributed by atoms with Gasteiger partial charge in [0.2, 0.25) is 5.91 Å². The SMILES string of the molecule is O=C(NC(C(=O)NCc1cc(C(=O)O)no1)C1CC1)OCC1c2ccccc2-c2ccccc21. The molecule has 2 amide bonds. The van der Waals surface area contributed by atoms with E-state index in [-0.39, 0.29) is 42.3 Å². The van der Waals surface area contributed by atoms with Crippen LogP contribution in [0.25, 0.3) is 11.1 Å². The van der Waals surface area contributed by atoms with Crippen LogP contribution in [0, 0.1) is 5.92 Å². The summed E-state index contributed by atoms with van der Waals surface area (Å²) < 4.78 is 10.5. The van der Waals surface area contributed by atoms with Crippen molar-refractivity contribution in [1.29, 1.82) is 0 Å². The van der Waals surface area contributed by atoms with Crippen molar-refractivity contribution in [3.8, 4) is 11.1 Å². The minimum atomic E-state index is -1.21. The second-order valence-corrected chi connectivity index (χ2v) is 8.49. The van der Waals surface area contributed by atoms with Crippen molar-refractivity contribution in [1.82, 2.24) is 15.8 Å². The molecule has 0 spiro atoms. The molecule has 1 aromatic heterocycles. The predicted octanol–water partition coefficient (Wildman–Crippen LogP) is 3.31. The maximum atomic E-state index is 12.7. The maximum Gasteiger partial charge on any atom is 0.407 e. The minimum Gasteiger partial charge on any atom is -0.476 e. The topological polar surface area (TPSA) is 131 Å². The van der Waals surface area contributed by atoms with E-state index in [9.17, 15) is 14.4 Å². The number of nitrogens with zero attached hydrogens (tertiary/aromatic N) is 1. The number of ether oxygens (including phenoxy) is 1. The average Bonchev–Trinajstić information content (AvgIpc) is 3.48. The van der Waals surface area contributed by atoms with Crippen LogP contribution in [0.2, 0.25) is 0 Å². The highest BCUT2D eigenvalue weighted by molar-refractivity contribution is 5.87. The lowest BCUT2D eigenvalue weighted by molar-refractivity contribution is -0.123. The zero-order chi connectivity index (χ0) is 23.7. The zero-order valence-electron chi connectivity index (χ0n) is 18.2. The van der Waals surface area contributed by atoms with Gasteiger partial charge in [-0.2, -0.15) is 0 Å². The third-order valence-electron chi connectivity index (χ3n) is 6.21. The van der Waals surface area contributed by atoms with Crippen molar-refractivity contribution < 1.29 is 28.8 Å². The van der Waals surface area contributed by atoms with Gasteiger partial charge in [-0.05, 0) is 41.0 Å². The molecule has 0 radical (unpaired) electrons. The van der Waals surface area contributed by atoms with Crippen LogP contribution in [0.5, 0.6) is 0 Å². The number of carboxylic acid groups (broad SMARTS) is 1. The Balaban J connectivity index is 1.19. The van der Waals surface area contributed by atoms with E-state index in [0.717, 1.165) is 35.1 Å². The molecule has 1 unspecified atom stereocenters. The number of hydrogen-bond donors (Lipinski definition) is 3. The molecule has 2 aliphatic rings.